The van der Waals surface area contributed by atoms with E-state index in [0.717, 1.165) is 19.5 Å². The zero-order valence-corrected chi connectivity index (χ0v) is 13.1. The maximum atomic E-state index is 11.7. The highest BCUT2D eigenvalue weighted by Crippen LogP contribution is 2.15. The maximum absolute atomic E-state index is 11.7. The number of hydrogen-bond acceptors (Lipinski definition) is 4. The lowest BCUT2D eigenvalue weighted by Gasteiger charge is -2.21. The smallest absolute Gasteiger partial charge is 0.150 e. The molecule has 4 nitrogen and oxygen atoms in total. The van der Waals surface area contributed by atoms with Crippen LogP contribution in [0.15, 0.2) is 0 Å². The normalized spacial score (nSPS) is 14.1. The van der Waals surface area contributed by atoms with Crippen molar-refractivity contribution in [3.63, 3.8) is 0 Å². The monoisotopic (exact) mass is 279 g/mol. The number of ether oxygens (including phenoxy) is 1. The summed E-state index contributed by atoms with van der Waals surface area (Å²) in [5.74, 6) is 1.54. The minimum absolute atomic E-state index is 0.314. The number of rotatable bonds is 11. The van der Waals surface area contributed by atoms with Gasteiger partial charge in [0.1, 0.15) is 9.84 Å². The van der Waals surface area contributed by atoms with Crippen LogP contribution in [0.3, 0.4) is 0 Å². The molecule has 0 saturated carbocycles. The van der Waals surface area contributed by atoms with E-state index in [2.05, 4.69) is 19.2 Å². The highest BCUT2D eigenvalue weighted by atomic mass is 32.2. The molecule has 5 heteroatoms. The molecule has 1 unspecified atom stereocenters. The van der Waals surface area contributed by atoms with Gasteiger partial charge in [0.05, 0.1) is 12.4 Å². The average molecular weight is 279 g/mol. The highest BCUT2D eigenvalue weighted by molar-refractivity contribution is 7.91. The largest absolute Gasteiger partial charge is 0.383 e. The molecule has 1 atom stereocenters. The zero-order chi connectivity index (χ0) is 14.0. The van der Waals surface area contributed by atoms with E-state index < -0.39 is 9.84 Å². The molecule has 0 aliphatic rings. The van der Waals surface area contributed by atoms with Crippen LogP contribution < -0.4 is 5.32 Å². The summed E-state index contributed by atoms with van der Waals surface area (Å²) in [5.41, 5.74) is 0. The molecule has 0 amide bonds. The molecule has 18 heavy (non-hydrogen) atoms. The van der Waals surface area contributed by atoms with Gasteiger partial charge >= 0.3 is 0 Å². The Morgan fingerprint density at radius 3 is 2.39 bits per heavy atom. The Morgan fingerprint density at radius 1 is 1.22 bits per heavy atom. The lowest BCUT2D eigenvalue weighted by molar-refractivity contribution is 0.196. The number of methoxy groups -OCH3 is 1. The summed E-state index contributed by atoms with van der Waals surface area (Å²) in [6.07, 6.45) is 1.46. The van der Waals surface area contributed by atoms with Crippen molar-refractivity contribution >= 4 is 9.84 Å². The second-order valence-electron chi connectivity index (χ2n) is 5.14. The SMILES string of the molecule is CCCS(=O)(=O)CCC(CNCCOC)C(C)C. The van der Waals surface area contributed by atoms with E-state index in [1.165, 1.54) is 0 Å². The molecule has 0 aromatic rings. The van der Waals surface area contributed by atoms with E-state index in [-0.39, 0.29) is 0 Å². The second kappa shape index (κ2) is 9.75. The summed E-state index contributed by atoms with van der Waals surface area (Å²) < 4.78 is 28.4. The van der Waals surface area contributed by atoms with E-state index >= 15 is 0 Å². The minimum atomic E-state index is -2.85. The van der Waals surface area contributed by atoms with Crippen molar-refractivity contribution in [1.29, 1.82) is 0 Å². The Bertz CT molecular complexity index is 289. The quantitative estimate of drug-likeness (QED) is 0.585. The van der Waals surface area contributed by atoms with Crippen molar-refractivity contribution in [2.75, 3.05) is 38.3 Å². The van der Waals surface area contributed by atoms with E-state index in [0.29, 0.717) is 36.4 Å². The van der Waals surface area contributed by atoms with E-state index in [4.69, 9.17) is 4.74 Å². The first kappa shape index (κ1) is 17.9. The van der Waals surface area contributed by atoms with Gasteiger partial charge in [0.2, 0.25) is 0 Å². The predicted octanol–water partition coefficient (Wildman–Crippen LogP) is 1.71. The Morgan fingerprint density at radius 2 is 1.89 bits per heavy atom. The third-order valence-corrected chi connectivity index (χ3v) is 5.04. The molecule has 0 aromatic heterocycles. The third-order valence-electron chi connectivity index (χ3n) is 3.15. The Hall–Kier alpha value is -0.130. The molecule has 0 saturated heterocycles. The summed E-state index contributed by atoms with van der Waals surface area (Å²) >= 11 is 0. The van der Waals surface area contributed by atoms with Gasteiger partial charge in [0.25, 0.3) is 0 Å². The Balaban J connectivity index is 4.04. The van der Waals surface area contributed by atoms with Crippen molar-refractivity contribution in [2.45, 2.75) is 33.6 Å². The number of sulfone groups is 1. The van der Waals surface area contributed by atoms with Gasteiger partial charge in [-0.1, -0.05) is 20.8 Å². The standard InChI is InChI=1S/C13H29NO3S/c1-5-9-18(15,16)10-6-13(12(2)3)11-14-7-8-17-4/h12-14H,5-11H2,1-4H3. The first-order valence-corrected chi connectivity index (χ1v) is 8.65. The molecular formula is C13H29NO3S. The van der Waals surface area contributed by atoms with Gasteiger partial charge in [-0.25, -0.2) is 8.42 Å². The van der Waals surface area contributed by atoms with Crippen molar-refractivity contribution in [3.8, 4) is 0 Å². The minimum Gasteiger partial charge on any atom is -0.383 e. The molecule has 0 aliphatic carbocycles. The molecule has 0 bridgehead atoms. The van der Waals surface area contributed by atoms with Crippen LogP contribution in [0.4, 0.5) is 0 Å². The molecule has 0 heterocycles. The summed E-state index contributed by atoms with van der Waals surface area (Å²) in [5, 5.41) is 3.32. The van der Waals surface area contributed by atoms with Crippen LogP contribution in [0.2, 0.25) is 0 Å². The fraction of sp³-hybridized carbons (Fsp3) is 1.00. The van der Waals surface area contributed by atoms with E-state index in [1.54, 1.807) is 7.11 Å². The van der Waals surface area contributed by atoms with E-state index in [1.807, 2.05) is 6.92 Å². The fourth-order valence-corrected chi connectivity index (χ4v) is 3.36. The van der Waals surface area contributed by atoms with Crippen molar-refractivity contribution in [3.05, 3.63) is 0 Å². The van der Waals surface area contributed by atoms with Crippen LogP contribution in [0.5, 0.6) is 0 Å². The van der Waals surface area contributed by atoms with Gasteiger partial charge in [0, 0.05) is 19.4 Å². The lowest BCUT2D eigenvalue weighted by atomic mass is 9.93. The van der Waals surface area contributed by atoms with Crippen LogP contribution >= 0.6 is 0 Å². The molecule has 0 fully saturated rings. The molecule has 0 rings (SSSR count). The van der Waals surface area contributed by atoms with Gasteiger partial charge in [-0.05, 0) is 31.2 Å². The molecule has 0 aliphatic heterocycles. The summed E-state index contributed by atoms with van der Waals surface area (Å²) in [7, 11) is -1.17. The van der Waals surface area contributed by atoms with Gasteiger partial charge in [-0.15, -0.1) is 0 Å². The van der Waals surface area contributed by atoms with Crippen LogP contribution in [-0.4, -0.2) is 46.7 Å². The van der Waals surface area contributed by atoms with Crippen molar-refractivity contribution in [1.82, 2.24) is 5.32 Å². The van der Waals surface area contributed by atoms with Gasteiger partial charge < -0.3 is 10.1 Å². The number of hydrogen-bond donors (Lipinski definition) is 1. The molecule has 0 aromatic carbocycles. The van der Waals surface area contributed by atoms with Crippen molar-refractivity contribution < 1.29 is 13.2 Å². The average Bonchev–Trinajstić information content (AvgIpc) is 2.27. The summed E-state index contributed by atoms with van der Waals surface area (Å²) in [6.45, 7) is 8.58. The maximum Gasteiger partial charge on any atom is 0.150 e. The first-order chi connectivity index (χ1) is 8.43. The molecular weight excluding hydrogens is 250 g/mol. The Labute approximate surface area is 112 Å². The van der Waals surface area contributed by atoms with E-state index in [9.17, 15) is 8.42 Å². The highest BCUT2D eigenvalue weighted by Gasteiger charge is 2.17. The fourth-order valence-electron chi connectivity index (χ4n) is 1.88. The van der Waals surface area contributed by atoms with Gasteiger partial charge in [-0.2, -0.15) is 0 Å². The van der Waals surface area contributed by atoms with Crippen LogP contribution in [-0.2, 0) is 14.6 Å². The molecule has 1 N–H and O–H groups in total. The van der Waals surface area contributed by atoms with Gasteiger partial charge in [0.15, 0.2) is 0 Å². The van der Waals surface area contributed by atoms with Crippen LogP contribution in [0.25, 0.3) is 0 Å². The van der Waals surface area contributed by atoms with Crippen molar-refractivity contribution in [2.24, 2.45) is 11.8 Å². The predicted molar refractivity (Wildman–Crippen MR) is 76.6 cm³/mol. The second-order valence-corrected chi connectivity index (χ2v) is 7.45. The Kier molecular flexibility index (Phi) is 9.68. The number of nitrogens with one attached hydrogen (secondary N) is 1. The van der Waals surface area contributed by atoms with Crippen LogP contribution in [0, 0.1) is 11.8 Å². The van der Waals surface area contributed by atoms with Gasteiger partial charge in [-0.3, -0.25) is 0 Å². The topological polar surface area (TPSA) is 55.4 Å². The lowest BCUT2D eigenvalue weighted by Crippen LogP contribution is -2.30. The first-order valence-electron chi connectivity index (χ1n) is 6.83. The van der Waals surface area contributed by atoms with Crippen LogP contribution in [0.1, 0.15) is 33.6 Å². The molecule has 110 valence electrons. The molecule has 0 radical (unpaired) electrons. The summed E-state index contributed by atoms with van der Waals surface area (Å²) in [4.78, 5) is 0. The summed E-state index contributed by atoms with van der Waals surface area (Å²) in [6, 6.07) is 0. The third kappa shape index (κ3) is 8.89. The molecule has 0 spiro atoms. The zero-order valence-electron chi connectivity index (χ0n) is 12.2.